The molecular formula is C12H16FSi. The first kappa shape index (κ1) is 11.2. The molecule has 0 aromatic heterocycles. The van der Waals surface area contributed by atoms with Crippen LogP contribution < -0.4 is 0 Å². The average Bonchev–Trinajstić information content (AvgIpc) is 2.01. The molecule has 0 unspecified atom stereocenters. The van der Waals surface area contributed by atoms with Crippen LogP contribution in [0.1, 0.15) is 22.3 Å². The minimum atomic E-state index is -1.76. The van der Waals surface area contributed by atoms with Crippen LogP contribution in [-0.2, 0) is 0 Å². The van der Waals surface area contributed by atoms with E-state index in [1.54, 1.807) is 12.2 Å². The van der Waals surface area contributed by atoms with E-state index in [0.29, 0.717) is 0 Å². The Hall–Kier alpha value is -0.893. The minimum Gasteiger partial charge on any atom is -0.309 e. The topological polar surface area (TPSA) is 0 Å². The molecular weight excluding hydrogens is 191 g/mol. The van der Waals surface area contributed by atoms with E-state index in [1.807, 2.05) is 6.08 Å². The van der Waals surface area contributed by atoms with Crippen molar-refractivity contribution in [2.24, 2.45) is 0 Å². The van der Waals surface area contributed by atoms with E-state index in [2.05, 4.69) is 32.9 Å². The zero-order valence-electron chi connectivity index (χ0n) is 9.19. The molecule has 1 aromatic carbocycles. The zero-order chi connectivity index (χ0) is 10.7. The molecule has 0 bridgehead atoms. The average molecular weight is 207 g/mol. The van der Waals surface area contributed by atoms with Gasteiger partial charge in [0.25, 0.3) is 9.13 Å². The number of aryl methyl sites for hydroxylation is 3. The van der Waals surface area contributed by atoms with E-state index >= 15 is 0 Å². The van der Waals surface area contributed by atoms with Crippen LogP contribution in [0.4, 0.5) is 4.11 Å². The quantitative estimate of drug-likeness (QED) is 0.512. The molecule has 0 heterocycles. The first-order valence-corrected chi connectivity index (χ1v) is 6.71. The van der Waals surface area contributed by atoms with Crippen LogP contribution in [0.5, 0.6) is 0 Å². The molecule has 0 atom stereocenters. The van der Waals surface area contributed by atoms with Gasteiger partial charge in [0.05, 0.1) is 0 Å². The Balaban J connectivity index is 3.09. The van der Waals surface area contributed by atoms with E-state index in [1.165, 1.54) is 16.7 Å². The molecule has 0 aliphatic rings. The molecule has 0 aliphatic carbocycles. The van der Waals surface area contributed by atoms with Gasteiger partial charge in [-0.1, -0.05) is 29.5 Å². The Morgan fingerprint density at radius 2 is 1.64 bits per heavy atom. The fourth-order valence-electron chi connectivity index (χ4n) is 1.65. The summed E-state index contributed by atoms with van der Waals surface area (Å²) in [6.07, 6.45) is 1.92. The number of hydrogen-bond acceptors (Lipinski definition) is 0. The van der Waals surface area contributed by atoms with Crippen molar-refractivity contribution in [3.8, 4) is 0 Å². The van der Waals surface area contributed by atoms with Crippen molar-refractivity contribution >= 4 is 15.2 Å². The van der Waals surface area contributed by atoms with Crippen molar-refractivity contribution < 1.29 is 4.11 Å². The molecule has 75 valence electrons. The largest absolute Gasteiger partial charge is 0.309 e. The number of rotatable bonds is 2. The summed E-state index contributed by atoms with van der Waals surface area (Å²) in [6, 6.07) is 4.26. The second-order valence-corrected chi connectivity index (χ2v) is 5.24. The second kappa shape index (κ2) is 4.56. The maximum atomic E-state index is 12.7. The van der Waals surface area contributed by atoms with Crippen LogP contribution in [0, 0.1) is 20.8 Å². The highest BCUT2D eigenvalue weighted by Crippen LogP contribution is 2.17. The number of halogens is 1. The SMILES string of the molecule is Cc1cc(C)c(C=C[Si](C)F)c(C)c1. The molecule has 0 amide bonds. The predicted molar refractivity (Wildman–Crippen MR) is 62.4 cm³/mol. The summed E-state index contributed by atoms with van der Waals surface area (Å²) in [7, 11) is -1.76. The van der Waals surface area contributed by atoms with E-state index in [-0.39, 0.29) is 0 Å². The van der Waals surface area contributed by atoms with Crippen molar-refractivity contribution in [3.05, 3.63) is 40.1 Å². The molecule has 0 saturated carbocycles. The maximum Gasteiger partial charge on any atom is 0.294 e. The van der Waals surface area contributed by atoms with Gasteiger partial charge in [-0.2, -0.15) is 0 Å². The van der Waals surface area contributed by atoms with Gasteiger partial charge in [-0.05, 0) is 44.0 Å². The van der Waals surface area contributed by atoms with Gasteiger partial charge < -0.3 is 4.11 Å². The zero-order valence-corrected chi connectivity index (χ0v) is 10.2. The fraction of sp³-hybridized carbons (Fsp3) is 0.333. The molecule has 2 heteroatoms. The van der Waals surface area contributed by atoms with Gasteiger partial charge in [0, 0.05) is 0 Å². The van der Waals surface area contributed by atoms with Gasteiger partial charge in [-0.25, -0.2) is 0 Å². The Morgan fingerprint density at radius 3 is 2.07 bits per heavy atom. The fourth-order valence-corrected chi connectivity index (χ4v) is 2.05. The Labute approximate surface area is 87.2 Å². The third-order valence-electron chi connectivity index (χ3n) is 2.22. The third kappa shape index (κ3) is 2.81. The van der Waals surface area contributed by atoms with Gasteiger partial charge in [0.1, 0.15) is 0 Å². The summed E-state index contributed by atoms with van der Waals surface area (Å²) in [5, 5.41) is 0. The first-order valence-electron chi connectivity index (χ1n) is 4.75. The summed E-state index contributed by atoms with van der Waals surface area (Å²) in [5.74, 6) is 0. The lowest BCUT2D eigenvalue weighted by atomic mass is 10.0. The van der Waals surface area contributed by atoms with E-state index in [4.69, 9.17) is 0 Å². The Bertz CT molecular complexity index is 330. The summed E-state index contributed by atoms with van der Waals surface area (Å²) in [6.45, 7) is 7.86. The molecule has 1 radical (unpaired) electrons. The summed E-state index contributed by atoms with van der Waals surface area (Å²) in [4.78, 5) is 0. The highest BCUT2D eigenvalue weighted by molar-refractivity contribution is 6.56. The van der Waals surface area contributed by atoms with Gasteiger partial charge in [-0.15, -0.1) is 0 Å². The van der Waals surface area contributed by atoms with Gasteiger partial charge in [-0.3, -0.25) is 0 Å². The van der Waals surface area contributed by atoms with E-state index in [0.717, 1.165) is 5.56 Å². The third-order valence-corrected chi connectivity index (χ3v) is 2.84. The monoisotopic (exact) mass is 207 g/mol. The van der Waals surface area contributed by atoms with Gasteiger partial charge >= 0.3 is 0 Å². The number of hydrogen-bond donors (Lipinski definition) is 0. The molecule has 0 spiro atoms. The molecule has 14 heavy (non-hydrogen) atoms. The van der Waals surface area contributed by atoms with Crippen molar-refractivity contribution in [1.82, 2.24) is 0 Å². The Kier molecular flexibility index (Phi) is 3.64. The van der Waals surface area contributed by atoms with E-state index < -0.39 is 9.13 Å². The standard InChI is InChI=1S/C12H16FSi/c1-9-7-10(2)12(11(3)8-9)5-6-14(4)13/h5-8H,1-4H3. The molecule has 0 aliphatic heterocycles. The van der Waals surface area contributed by atoms with Gasteiger partial charge in [0.15, 0.2) is 0 Å². The van der Waals surface area contributed by atoms with Crippen LogP contribution in [0.15, 0.2) is 17.8 Å². The van der Waals surface area contributed by atoms with Crippen molar-refractivity contribution in [3.63, 3.8) is 0 Å². The summed E-state index contributed by atoms with van der Waals surface area (Å²) < 4.78 is 12.7. The van der Waals surface area contributed by atoms with E-state index in [9.17, 15) is 4.11 Å². The predicted octanol–water partition coefficient (Wildman–Crippen LogP) is 3.76. The van der Waals surface area contributed by atoms with Crippen molar-refractivity contribution in [2.75, 3.05) is 0 Å². The van der Waals surface area contributed by atoms with Crippen LogP contribution in [0.3, 0.4) is 0 Å². The van der Waals surface area contributed by atoms with Crippen LogP contribution >= 0.6 is 0 Å². The highest BCUT2D eigenvalue weighted by atomic mass is 28.3. The summed E-state index contributed by atoms with van der Waals surface area (Å²) >= 11 is 0. The molecule has 1 aromatic rings. The maximum absolute atomic E-state index is 12.7. The molecule has 1 rings (SSSR count). The number of benzene rings is 1. The second-order valence-electron chi connectivity index (χ2n) is 3.73. The van der Waals surface area contributed by atoms with Crippen LogP contribution in [-0.4, -0.2) is 9.13 Å². The lowest BCUT2D eigenvalue weighted by Gasteiger charge is -2.06. The lowest BCUT2D eigenvalue weighted by Crippen LogP contribution is -1.93. The van der Waals surface area contributed by atoms with Gasteiger partial charge in [0.2, 0.25) is 0 Å². The van der Waals surface area contributed by atoms with Crippen molar-refractivity contribution in [2.45, 2.75) is 27.3 Å². The molecule has 0 fully saturated rings. The van der Waals surface area contributed by atoms with Crippen molar-refractivity contribution in [1.29, 1.82) is 0 Å². The molecule has 0 saturated heterocycles. The lowest BCUT2D eigenvalue weighted by molar-refractivity contribution is 0.855. The molecule has 0 nitrogen and oxygen atoms in total. The normalized spacial score (nSPS) is 11.6. The smallest absolute Gasteiger partial charge is 0.294 e. The summed E-state index contributed by atoms with van der Waals surface area (Å²) in [5.41, 5.74) is 6.57. The minimum absolute atomic E-state index is 1.16. The van der Waals surface area contributed by atoms with Crippen LogP contribution in [0.25, 0.3) is 6.08 Å². The Morgan fingerprint density at radius 1 is 1.14 bits per heavy atom. The first-order chi connectivity index (χ1) is 6.50. The molecule has 0 N–H and O–H groups in total. The highest BCUT2D eigenvalue weighted by Gasteiger charge is 2.01. The van der Waals surface area contributed by atoms with Crippen LogP contribution in [0.2, 0.25) is 6.55 Å².